The molecule has 0 bridgehead atoms. The molecule has 0 aliphatic heterocycles. The summed E-state index contributed by atoms with van der Waals surface area (Å²) in [6.07, 6.45) is 0. The smallest absolute Gasteiger partial charge is 0.143 e. The van der Waals surface area contributed by atoms with E-state index in [1.807, 2.05) is 12.1 Å². The first-order valence-electron chi connectivity index (χ1n) is 16.8. The quantitative estimate of drug-likeness (QED) is 0.178. The standard InChI is InChI=1S/C48H30O/c1-2-16-36-31(12-1)13-10-22-37(36)34-14-9-15-35(30-34)47-42-20-5-3-18-40(42)46(41-19-4-6-21-43(41)47)33-28-26-32(27-29-33)38-23-11-24-44-39-17-7-8-25-45(39)49-48(38)44/h1-30H. The average Bonchev–Trinajstić information content (AvgIpc) is 3.56. The Morgan fingerprint density at radius 1 is 0.286 bits per heavy atom. The van der Waals surface area contributed by atoms with Gasteiger partial charge in [-0.25, -0.2) is 0 Å². The first-order valence-corrected chi connectivity index (χ1v) is 16.8. The molecule has 1 aromatic heterocycles. The van der Waals surface area contributed by atoms with Crippen molar-refractivity contribution < 1.29 is 4.42 Å². The fourth-order valence-electron chi connectivity index (χ4n) is 7.86. The fourth-order valence-corrected chi connectivity index (χ4v) is 7.86. The molecule has 9 aromatic carbocycles. The Hall–Kier alpha value is -6.44. The fraction of sp³-hybridized carbons (Fsp3) is 0. The van der Waals surface area contributed by atoms with Gasteiger partial charge in [0.25, 0.3) is 0 Å². The lowest BCUT2D eigenvalue weighted by molar-refractivity contribution is 0.670. The highest BCUT2D eigenvalue weighted by Gasteiger charge is 2.18. The van der Waals surface area contributed by atoms with Crippen LogP contribution in [0, 0.1) is 0 Å². The minimum absolute atomic E-state index is 0.919. The predicted octanol–water partition coefficient (Wildman–Crippen LogP) is 13.7. The van der Waals surface area contributed by atoms with Crippen LogP contribution in [-0.2, 0) is 0 Å². The van der Waals surface area contributed by atoms with Gasteiger partial charge in [-0.15, -0.1) is 0 Å². The second-order valence-corrected chi connectivity index (χ2v) is 12.8. The number of fused-ring (bicyclic) bond motifs is 6. The summed E-state index contributed by atoms with van der Waals surface area (Å²) >= 11 is 0. The summed E-state index contributed by atoms with van der Waals surface area (Å²) in [5, 5.41) is 9.83. The van der Waals surface area contributed by atoms with Crippen molar-refractivity contribution in [1.82, 2.24) is 0 Å². The molecule has 0 aliphatic carbocycles. The molecule has 10 rings (SSSR count). The molecule has 0 aliphatic rings. The molecule has 0 saturated carbocycles. The van der Waals surface area contributed by atoms with Gasteiger partial charge in [-0.05, 0) is 83.4 Å². The van der Waals surface area contributed by atoms with E-state index in [0.717, 1.165) is 33.1 Å². The molecule has 0 spiro atoms. The summed E-state index contributed by atoms with van der Waals surface area (Å²) in [5.74, 6) is 0. The maximum Gasteiger partial charge on any atom is 0.143 e. The third-order valence-electron chi connectivity index (χ3n) is 10.1. The van der Waals surface area contributed by atoms with E-state index < -0.39 is 0 Å². The molecule has 0 fully saturated rings. The Morgan fingerprint density at radius 2 is 0.776 bits per heavy atom. The van der Waals surface area contributed by atoms with Crippen molar-refractivity contribution in [2.45, 2.75) is 0 Å². The van der Waals surface area contributed by atoms with Crippen molar-refractivity contribution in [3.05, 3.63) is 182 Å². The summed E-state index contributed by atoms with van der Waals surface area (Å²) in [7, 11) is 0. The van der Waals surface area contributed by atoms with Crippen LogP contribution >= 0.6 is 0 Å². The second kappa shape index (κ2) is 11.1. The highest BCUT2D eigenvalue weighted by Crippen LogP contribution is 2.45. The Balaban J connectivity index is 1.15. The zero-order chi connectivity index (χ0) is 32.3. The van der Waals surface area contributed by atoms with Gasteiger partial charge in [0.2, 0.25) is 0 Å². The number of hydrogen-bond acceptors (Lipinski definition) is 1. The zero-order valence-corrected chi connectivity index (χ0v) is 26.7. The normalized spacial score (nSPS) is 11.7. The van der Waals surface area contributed by atoms with Crippen LogP contribution in [0.3, 0.4) is 0 Å². The number of rotatable bonds is 4. The Labute approximate surface area is 284 Å². The monoisotopic (exact) mass is 622 g/mol. The number of furan rings is 1. The number of benzene rings is 9. The Morgan fingerprint density at radius 3 is 1.51 bits per heavy atom. The molecule has 10 aromatic rings. The van der Waals surface area contributed by atoms with E-state index in [2.05, 4.69) is 170 Å². The van der Waals surface area contributed by atoms with Crippen molar-refractivity contribution >= 4 is 54.3 Å². The molecule has 49 heavy (non-hydrogen) atoms. The zero-order valence-electron chi connectivity index (χ0n) is 26.7. The Kier molecular flexibility index (Phi) is 6.25. The lowest BCUT2D eigenvalue weighted by Gasteiger charge is -2.18. The summed E-state index contributed by atoms with van der Waals surface area (Å²) < 4.78 is 6.38. The lowest BCUT2D eigenvalue weighted by atomic mass is 9.85. The van der Waals surface area contributed by atoms with Crippen molar-refractivity contribution in [1.29, 1.82) is 0 Å². The lowest BCUT2D eigenvalue weighted by Crippen LogP contribution is -1.91. The number of hydrogen-bond donors (Lipinski definition) is 0. The summed E-state index contributed by atoms with van der Waals surface area (Å²) in [4.78, 5) is 0. The Bertz CT molecular complexity index is 2810. The SMILES string of the molecule is c1cc(-c2cccc3ccccc23)cc(-c2c3ccccc3c(-c3ccc(-c4cccc5c4oc4ccccc45)cc3)c3ccccc23)c1. The van der Waals surface area contributed by atoms with Gasteiger partial charge in [0.1, 0.15) is 11.2 Å². The highest BCUT2D eigenvalue weighted by molar-refractivity contribution is 6.21. The van der Waals surface area contributed by atoms with Crippen LogP contribution in [-0.4, -0.2) is 0 Å². The van der Waals surface area contributed by atoms with Crippen LogP contribution < -0.4 is 0 Å². The molecule has 1 heterocycles. The van der Waals surface area contributed by atoms with Gasteiger partial charge in [0.05, 0.1) is 0 Å². The van der Waals surface area contributed by atoms with Crippen LogP contribution in [0.2, 0.25) is 0 Å². The molecule has 0 atom stereocenters. The van der Waals surface area contributed by atoms with E-state index in [4.69, 9.17) is 4.42 Å². The van der Waals surface area contributed by atoms with Crippen molar-refractivity contribution in [3.63, 3.8) is 0 Å². The average molecular weight is 623 g/mol. The largest absolute Gasteiger partial charge is 0.455 e. The van der Waals surface area contributed by atoms with Gasteiger partial charge >= 0.3 is 0 Å². The predicted molar refractivity (Wildman–Crippen MR) is 208 cm³/mol. The van der Waals surface area contributed by atoms with Crippen LogP contribution in [0.25, 0.3) is 98.8 Å². The van der Waals surface area contributed by atoms with Crippen molar-refractivity contribution in [2.24, 2.45) is 0 Å². The molecule has 0 unspecified atom stereocenters. The maximum atomic E-state index is 6.38. The van der Waals surface area contributed by atoms with Gasteiger partial charge in [-0.1, -0.05) is 170 Å². The molecule has 1 nitrogen and oxygen atoms in total. The molecule has 0 saturated heterocycles. The molecule has 228 valence electrons. The van der Waals surface area contributed by atoms with Crippen LogP contribution in [0.15, 0.2) is 186 Å². The molecule has 0 radical (unpaired) electrons. The molecule has 0 N–H and O–H groups in total. The molecular weight excluding hydrogens is 593 g/mol. The van der Waals surface area contributed by atoms with Gasteiger partial charge in [0.15, 0.2) is 0 Å². The van der Waals surface area contributed by atoms with E-state index in [1.54, 1.807) is 0 Å². The van der Waals surface area contributed by atoms with Crippen LogP contribution in [0.5, 0.6) is 0 Å². The minimum atomic E-state index is 0.919. The van der Waals surface area contributed by atoms with E-state index >= 15 is 0 Å². The summed E-state index contributed by atoms with van der Waals surface area (Å²) in [5.41, 5.74) is 11.5. The van der Waals surface area contributed by atoms with Gasteiger partial charge < -0.3 is 4.42 Å². The van der Waals surface area contributed by atoms with Crippen LogP contribution in [0.1, 0.15) is 0 Å². The van der Waals surface area contributed by atoms with Gasteiger partial charge in [-0.2, -0.15) is 0 Å². The minimum Gasteiger partial charge on any atom is -0.455 e. The first kappa shape index (κ1) is 27.7. The van der Waals surface area contributed by atoms with Crippen LogP contribution in [0.4, 0.5) is 0 Å². The second-order valence-electron chi connectivity index (χ2n) is 12.8. The van der Waals surface area contributed by atoms with E-state index in [0.29, 0.717) is 0 Å². The highest BCUT2D eigenvalue weighted by atomic mass is 16.3. The summed E-state index contributed by atoms with van der Waals surface area (Å²) in [6, 6.07) is 65.8. The van der Waals surface area contributed by atoms with Gasteiger partial charge in [0, 0.05) is 16.3 Å². The third-order valence-corrected chi connectivity index (χ3v) is 10.1. The van der Waals surface area contributed by atoms with Crippen molar-refractivity contribution in [3.8, 4) is 44.5 Å². The van der Waals surface area contributed by atoms with Gasteiger partial charge in [-0.3, -0.25) is 0 Å². The topological polar surface area (TPSA) is 13.1 Å². The third kappa shape index (κ3) is 4.40. The number of para-hydroxylation sites is 2. The van der Waals surface area contributed by atoms with Crippen molar-refractivity contribution in [2.75, 3.05) is 0 Å². The first-order chi connectivity index (χ1) is 24.3. The maximum absolute atomic E-state index is 6.38. The van der Waals surface area contributed by atoms with E-state index in [9.17, 15) is 0 Å². The molecular formula is C48H30O. The molecule has 1 heteroatoms. The van der Waals surface area contributed by atoms with E-state index in [1.165, 1.54) is 65.7 Å². The molecule has 0 amide bonds. The summed E-state index contributed by atoms with van der Waals surface area (Å²) in [6.45, 7) is 0. The van der Waals surface area contributed by atoms with E-state index in [-0.39, 0.29) is 0 Å².